The molecule has 26 heavy (non-hydrogen) atoms. The van der Waals surface area contributed by atoms with Crippen LogP contribution in [0.4, 0.5) is 26.3 Å². The summed E-state index contributed by atoms with van der Waals surface area (Å²) < 4.78 is 82.9. The highest BCUT2D eigenvalue weighted by Gasteiger charge is 2.41. The fourth-order valence-corrected chi connectivity index (χ4v) is 2.26. The van der Waals surface area contributed by atoms with Crippen LogP contribution < -0.4 is 10.5 Å². The molecular weight excluding hydrogens is 368 g/mol. The molecule has 1 heterocycles. The first kappa shape index (κ1) is 19.6. The van der Waals surface area contributed by atoms with E-state index in [-0.39, 0.29) is 11.3 Å². The fourth-order valence-electron chi connectivity index (χ4n) is 2.26. The maximum absolute atomic E-state index is 13.2. The molecule has 1 aromatic carbocycles. The van der Waals surface area contributed by atoms with Crippen molar-refractivity contribution in [3.63, 3.8) is 0 Å². The summed E-state index contributed by atoms with van der Waals surface area (Å²) in [5.41, 5.74) is 2.34. The molecule has 2 aromatic rings. The molecule has 2 rings (SSSR count). The van der Waals surface area contributed by atoms with E-state index >= 15 is 0 Å². The molecule has 0 radical (unpaired) electrons. The molecule has 0 aliphatic rings. The Hall–Kier alpha value is -2.72. The van der Waals surface area contributed by atoms with E-state index in [2.05, 4.69) is 10.2 Å². The molecular formula is C15H13F6N3O2. The van der Waals surface area contributed by atoms with Gasteiger partial charge in [-0.3, -0.25) is 9.89 Å². The molecule has 0 bridgehead atoms. The lowest BCUT2D eigenvalue weighted by Crippen LogP contribution is -2.32. The Morgan fingerprint density at radius 2 is 1.85 bits per heavy atom. The van der Waals surface area contributed by atoms with Crippen LogP contribution in [-0.2, 0) is 6.18 Å². The number of halogens is 6. The van der Waals surface area contributed by atoms with Crippen LogP contribution in [0, 0.1) is 6.92 Å². The van der Waals surface area contributed by atoms with Crippen molar-refractivity contribution in [2.45, 2.75) is 32.3 Å². The minimum absolute atomic E-state index is 0.0662. The van der Waals surface area contributed by atoms with Crippen molar-refractivity contribution in [2.75, 3.05) is 0 Å². The van der Waals surface area contributed by atoms with E-state index in [9.17, 15) is 31.1 Å². The summed E-state index contributed by atoms with van der Waals surface area (Å²) in [7, 11) is 0. The predicted molar refractivity (Wildman–Crippen MR) is 78.4 cm³/mol. The van der Waals surface area contributed by atoms with Crippen molar-refractivity contribution in [3.8, 4) is 16.9 Å². The third-order valence-electron chi connectivity index (χ3n) is 3.52. The van der Waals surface area contributed by atoms with Crippen LogP contribution in [-0.4, -0.2) is 28.4 Å². The number of alkyl halides is 6. The average molecular weight is 381 g/mol. The second-order valence-electron chi connectivity index (χ2n) is 5.42. The van der Waals surface area contributed by atoms with E-state index in [1.165, 1.54) is 13.0 Å². The van der Waals surface area contributed by atoms with Crippen LogP contribution in [0.3, 0.4) is 0 Å². The third kappa shape index (κ3) is 3.75. The second-order valence-corrected chi connectivity index (χ2v) is 5.42. The van der Waals surface area contributed by atoms with Gasteiger partial charge in [0.25, 0.3) is 5.91 Å². The Morgan fingerprint density at radius 1 is 1.23 bits per heavy atom. The van der Waals surface area contributed by atoms with Crippen molar-refractivity contribution in [1.29, 1.82) is 0 Å². The SMILES string of the molecule is Cc1[nH]nc(C(F)(F)F)c1-c1cccc(C(N)=O)c1OC(C)C(F)(F)F. The summed E-state index contributed by atoms with van der Waals surface area (Å²) >= 11 is 0. The number of para-hydroxylation sites is 1. The maximum Gasteiger partial charge on any atom is 0.435 e. The van der Waals surface area contributed by atoms with Gasteiger partial charge in [-0.2, -0.15) is 31.4 Å². The molecule has 0 saturated carbocycles. The second kappa shape index (κ2) is 6.54. The van der Waals surface area contributed by atoms with Gasteiger partial charge in [0.2, 0.25) is 0 Å². The van der Waals surface area contributed by atoms with E-state index < -0.39 is 46.9 Å². The van der Waals surface area contributed by atoms with Gasteiger partial charge in [-0.15, -0.1) is 0 Å². The first-order valence-corrected chi connectivity index (χ1v) is 7.12. The normalized spacial score (nSPS) is 13.5. The molecule has 1 unspecified atom stereocenters. The van der Waals surface area contributed by atoms with Crippen LogP contribution in [0.25, 0.3) is 11.1 Å². The zero-order valence-electron chi connectivity index (χ0n) is 13.4. The zero-order valence-corrected chi connectivity index (χ0v) is 13.4. The number of hydrogen-bond donors (Lipinski definition) is 2. The number of ether oxygens (including phenoxy) is 1. The number of nitrogens with zero attached hydrogens (tertiary/aromatic N) is 1. The van der Waals surface area contributed by atoms with Gasteiger partial charge < -0.3 is 10.5 Å². The first-order chi connectivity index (χ1) is 11.8. The summed E-state index contributed by atoms with van der Waals surface area (Å²) in [6.45, 7) is 1.92. The van der Waals surface area contributed by atoms with Crippen molar-refractivity contribution >= 4 is 5.91 Å². The van der Waals surface area contributed by atoms with Gasteiger partial charge in [0, 0.05) is 16.8 Å². The first-order valence-electron chi connectivity index (χ1n) is 7.12. The number of rotatable bonds is 4. The quantitative estimate of drug-likeness (QED) is 0.790. The number of hydrogen-bond acceptors (Lipinski definition) is 3. The topological polar surface area (TPSA) is 81.0 Å². The Morgan fingerprint density at radius 3 is 2.35 bits per heavy atom. The fraction of sp³-hybridized carbons (Fsp3) is 0.333. The Balaban J connectivity index is 2.74. The molecule has 1 amide bonds. The van der Waals surface area contributed by atoms with Gasteiger partial charge in [-0.1, -0.05) is 12.1 Å². The minimum atomic E-state index is -4.88. The zero-order chi connectivity index (χ0) is 19.9. The lowest BCUT2D eigenvalue weighted by atomic mass is 9.98. The summed E-state index contributed by atoms with van der Waals surface area (Å²) in [4.78, 5) is 11.6. The minimum Gasteiger partial charge on any atom is -0.480 e. The molecule has 142 valence electrons. The largest absolute Gasteiger partial charge is 0.480 e. The van der Waals surface area contributed by atoms with Gasteiger partial charge in [0.05, 0.1) is 5.56 Å². The van der Waals surface area contributed by atoms with Crippen molar-refractivity contribution < 1.29 is 35.9 Å². The summed E-state index contributed by atoms with van der Waals surface area (Å²) in [6.07, 6.45) is -12.1. The summed E-state index contributed by atoms with van der Waals surface area (Å²) in [5, 5.41) is 5.30. The van der Waals surface area contributed by atoms with Gasteiger partial charge in [-0.25, -0.2) is 0 Å². The number of benzene rings is 1. The average Bonchev–Trinajstić information content (AvgIpc) is 2.88. The van der Waals surface area contributed by atoms with Gasteiger partial charge in [0.15, 0.2) is 11.8 Å². The highest BCUT2D eigenvalue weighted by Crippen LogP contribution is 2.43. The number of nitrogens with two attached hydrogens (primary N) is 1. The van der Waals surface area contributed by atoms with E-state index in [0.29, 0.717) is 6.92 Å². The Kier molecular flexibility index (Phi) is 4.93. The van der Waals surface area contributed by atoms with Crippen molar-refractivity contribution in [3.05, 3.63) is 35.2 Å². The molecule has 0 fully saturated rings. The third-order valence-corrected chi connectivity index (χ3v) is 3.52. The standard InChI is InChI=1S/C15H13F6N3O2/c1-6-10(12(24-23-6)15(19,20)21)8-4-3-5-9(13(22)25)11(8)26-7(2)14(16,17)18/h3-5,7H,1-2H3,(H2,22,25)(H,23,24). The number of nitrogens with one attached hydrogen (secondary N) is 1. The number of amides is 1. The molecule has 0 aliphatic heterocycles. The van der Waals surface area contributed by atoms with E-state index in [0.717, 1.165) is 12.1 Å². The number of carbonyl (C=O) groups is 1. The number of H-pyrrole nitrogens is 1. The summed E-state index contributed by atoms with van der Waals surface area (Å²) in [6, 6.07) is 3.35. The molecule has 11 heteroatoms. The van der Waals surface area contributed by atoms with Gasteiger partial charge >= 0.3 is 12.4 Å². The molecule has 1 atom stereocenters. The van der Waals surface area contributed by atoms with E-state index in [4.69, 9.17) is 10.5 Å². The van der Waals surface area contributed by atoms with Crippen LogP contribution in [0.1, 0.15) is 28.7 Å². The molecule has 3 N–H and O–H groups in total. The molecule has 0 spiro atoms. The Bertz CT molecular complexity index is 826. The van der Waals surface area contributed by atoms with Crippen LogP contribution in [0.2, 0.25) is 0 Å². The van der Waals surface area contributed by atoms with Crippen molar-refractivity contribution in [1.82, 2.24) is 10.2 Å². The van der Waals surface area contributed by atoms with Crippen molar-refractivity contribution in [2.24, 2.45) is 5.73 Å². The number of carbonyl (C=O) groups excluding carboxylic acids is 1. The lowest BCUT2D eigenvalue weighted by molar-refractivity contribution is -0.189. The molecule has 1 aromatic heterocycles. The molecule has 5 nitrogen and oxygen atoms in total. The van der Waals surface area contributed by atoms with Crippen LogP contribution in [0.15, 0.2) is 18.2 Å². The highest BCUT2D eigenvalue weighted by atomic mass is 19.4. The molecule has 0 aliphatic carbocycles. The van der Waals surface area contributed by atoms with Gasteiger partial charge in [0.1, 0.15) is 5.75 Å². The van der Waals surface area contributed by atoms with Crippen LogP contribution in [0.5, 0.6) is 5.75 Å². The molecule has 0 saturated heterocycles. The highest BCUT2D eigenvalue weighted by molar-refractivity contribution is 5.98. The summed E-state index contributed by atoms with van der Waals surface area (Å²) in [5.74, 6) is -1.84. The lowest BCUT2D eigenvalue weighted by Gasteiger charge is -2.22. The van der Waals surface area contributed by atoms with Gasteiger partial charge in [-0.05, 0) is 19.9 Å². The smallest absolute Gasteiger partial charge is 0.435 e. The number of aryl methyl sites for hydroxylation is 1. The monoisotopic (exact) mass is 381 g/mol. The number of primary amides is 1. The number of aromatic nitrogens is 2. The number of aromatic amines is 1. The van der Waals surface area contributed by atoms with Crippen LogP contribution >= 0.6 is 0 Å². The predicted octanol–water partition coefficient (Wildman–Crippen LogP) is 3.83. The Labute approximate surface area is 143 Å². The van der Waals surface area contributed by atoms with E-state index in [1.54, 1.807) is 0 Å². The maximum atomic E-state index is 13.2. The van der Waals surface area contributed by atoms with E-state index in [1.807, 2.05) is 0 Å².